The van der Waals surface area contributed by atoms with Crippen molar-refractivity contribution in [3.63, 3.8) is 0 Å². The lowest BCUT2D eigenvalue weighted by molar-refractivity contribution is 0.582. The van der Waals surface area contributed by atoms with E-state index in [1.54, 1.807) is 0 Å². The molecule has 1 aromatic heterocycles. The monoisotopic (exact) mass is 276 g/mol. The molecule has 0 aliphatic rings. The van der Waals surface area contributed by atoms with E-state index < -0.39 is 0 Å². The molecular formula is C19H20N2. The smallest absolute Gasteiger partial charge is 0.0705 e. The van der Waals surface area contributed by atoms with Gasteiger partial charge in [0, 0.05) is 23.5 Å². The van der Waals surface area contributed by atoms with E-state index in [0.29, 0.717) is 6.04 Å². The summed E-state index contributed by atoms with van der Waals surface area (Å²) in [5, 5.41) is 4.61. The van der Waals surface area contributed by atoms with Gasteiger partial charge in [-0.05, 0) is 37.2 Å². The molecule has 21 heavy (non-hydrogen) atoms. The van der Waals surface area contributed by atoms with Gasteiger partial charge >= 0.3 is 0 Å². The summed E-state index contributed by atoms with van der Waals surface area (Å²) in [5.41, 5.74) is 4.85. The molecule has 3 aromatic rings. The number of hydrogen-bond donors (Lipinski definition) is 1. The van der Waals surface area contributed by atoms with E-state index in [1.807, 2.05) is 19.2 Å². The van der Waals surface area contributed by atoms with E-state index in [2.05, 4.69) is 60.8 Å². The molecule has 3 rings (SSSR count). The molecule has 1 heterocycles. The predicted octanol–water partition coefficient (Wildman–Crippen LogP) is 4.05. The third-order valence-corrected chi connectivity index (χ3v) is 3.98. The van der Waals surface area contributed by atoms with Gasteiger partial charge in [-0.25, -0.2) is 0 Å². The number of aromatic nitrogens is 1. The van der Waals surface area contributed by atoms with E-state index in [0.717, 1.165) is 17.6 Å². The molecule has 1 unspecified atom stereocenters. The molecule has 2 heteroatoms. The number of nitrogens with zero attached hydrogens (tertiary/aromatic N) is 1. The minimum atomic E-state index is 0.292. The Hall–Kier alpha value is -2.19. The van der Waals surface area contributed by atoms with Crippen molar-refractivity contribution in [2.24, 2.45) is 0 Å². The number of fused-ring (bicyclic) bond motifs is 1. The zero-order valence-electron chi connectivity index (χ0n) is 12.5. The first-order chi connectivity index (χ1) is 10.3. The molecule has 106 valence electrons. The van der Waals surface area contributed by atoms with Crippen molar-refractivity contribution in [3.8, 4) is 0 Å². The van der Waals surface area contributed by atoms with Crippen molar-refractivity contribution in [1.29, 1.82) is 0 Å². The molecule has 0 radical (unpaired) electrons. The van der Waals surface area contributed by atoms with Crippen molar-refractivity contribution in [2.45, 2.75) is 19.4 Å². The summed E-state index contributed by atoms with van der Waals surface area (Å²) < 4.78 is 0. The Labute approximate surface area is 125 Å². The first-order valence-corrected chi connectivity index (χ1v) is 7.35. The van der Waals surface area contributed by atoms with Gasteiger partial charge in [0.15, 0.2) is 0 Å². The van der Waals surface area contributed by atoms with E-state index >= 15 is 0 Å². The Morgan fingerprint density at radius 2 is 1.71 bits per heavy atom. The molecule has 1 N–H and O–H groups in total. The lowest BCUT2D eigenvalue weighted by atomic mass is 9.97. The SMILES string of the molecule is CNC(Cc1ccc2ccccc2n1)c1ccccc1C. The second-order valence-corrected chi connectivity index (χ2v) is 5.40. The highest BCUT2D eigenvalue weighted by Crippen LogP contribution is 2.22. The molecule has 1 atom stereocenters. The van der Waals surface area contributed by atoms with Crippen molar-refractivity contribution >= 4 is 10.9 Å². The van der Waals surface area contributed by atoms with Crippen molar-refractivity contribution < 1.29 is 0 Å². The van der Waals surface area contributed by atoms with Crippen LogP contribution in [0.2, 0.25) is 0 Å². The zero-order valence-corrected chi connectivity index (χ0v) is 12.5. The van der Waals surface area contributed by atoms with Crippen LogP contribution in [0.4, 0.5) is 0 Å². The summed E-state index contributed by atoms with van der Waals surface area (Å²) in [4.78, 5) is 4.78. The maximum atomic E-state index is 4.78. The average Bonchev–Trinajstić information content (AvgIpc) is 2.53. The molecule has 0 saturated carbocycles. The standard InChI is InChI=1S/C19H20N2/c1-14-7-3-5-9-17(14)19(20-2)13-16-12-11-15-8-4-6-10-18(15)21-16/h3-12,19-20H,13H2,1-2H3. The molecule has 0 aliphatic heterocycles. The maximum Gasteiger partial charge on any atom is 0.0705 e. The van der Waals surface area contributed by atoms with Crippen LogP contribution in [-0.2, 0) is 6.42 Å². The van der Waals surface area contributed by atoms with Gasteiger partial charge in [-0.1, -0.05) is 48.5 Å². The van der Waals surface area contributed by atoms with E-state index in [4.69, 9.17) is 4.98 Å². The van der Waals surface area contributed by atoms with Crippen LogP contribution in [0, 0.1) is 6.92 Å². The first kappa shape index (κ1) is 13.8. The molecule has 0 spiro atoms. The Kier molecular flexibility index (Phi) is 3.98. The predicted molar refractivity (Wildman–Crippen MR) is 88.4 cm³/mol. The number of nitrogens with one attached hydrogen (secondary N) is 1. The van der Waals surface area contributed by atoms with Gasteiger partial charge in [-0.2, -0.15) is 0 Å². The molecular weight excluding hydrogens is 256 g/mol. The largest absolute Gasteiger partial charge is 0.313 e. The maximum absolute atomic E-state index is 4.78. The van der Waals surface area contributed by atoms with Gasteiger partial charge in [0.2, 0.25) is 0 Å². The third-order valence-electron chi connectivity index (χ3n) is 3.98. The summed E-state index contributed by atoms with van der Waals surface area (Å²) in [6, 6.07) is 21.4. The third kappa shape index (κ3) is 2.96. The van der Waals surface area contributed by atoms with Gasteiger partial charge in [-0.15, -0.1) is 0 Å². The van der Waals surface area contributed by atoms with Gasteiger partial charge in [-0.3, -0.25) is 4.98 Å². The Balaban J connectivity index is 1.90. The lowest BCUT2D eigenvalue weighted by Crippen LogP contribution is -2.20. The van der Waals surface area contributed by atoms with Crippen LogP contribution in [-0.4, -0.2) is 12.0 Å². The number of hydrogen-bond acceptors (Lipinski definition) is 2. The molecule has 2 nitrogen and oxygen atoms in total. The summed E-state index contributed by atoms with van der Waals surface area (Å²) in [6.07, 6.45) is 0.895. The van der Waals surface area contributed by atoms with Crippen LogP contribution in [0.1, 0.15) is 22.9 Å². The van der Waals surface area contributed by atoms with Gasteiger partial charge in [0.25, 0.3) is 0 Å². The summed E-state index contributed by atoms with van der Waals surface area (Å²) in [6.45, 7) is 2.16. The number of likely N-dealkylation sites (N-methyl/N-ethyl adjacent to an activating group) is 1. The normalized spacial score (nSPS) is 12.5. The molecule has 2 aromatic carbocycles. The first-order valence-electron chi connectivity index (χ1n) is 7.35. The Morgan fingerprint density at radius 3 is 2.52 bits per heavy atom. The molecule has 0 fully saturated rings. The van der Waals surface area contributed by atoms with Gasteiger partial charge < -0.3 is 5.32 Å². The highest BCUT2D eigenvalue weighted by Gasteiger charge is 2.13. The minimum absolute atomic E-state index is 0.292. The van der Waals surface area contributed by atoms with E-state index in [9.17, 15) is 0 Å². The minimum Gasteiger partial charge on any atom is -0.313 e. The van der Waals surface area contributed by atoms with Crippen molar-refractivity contribution in [3.05, 3.63) is 77.5 Å². The number of aryl methyl sites for hydroxylation is 1. The average molecular weight is 276 g/mol. The fourth-order valence-corrected chi connectivity index (χ4v) is 2.78. The lowest BCUT2D eigenvalue weighted by Gasteiger charge is -2.18. The van der Waals surface area contributed by atoms with E-state index in [1.165, 1.54) is 16.5 Å². The molecule has 0 bridgehead atoms. The number of rotatable bonds is 4. The highest BCUT2D eigenvalue weighted by molar-refractivity contribution is 5.78. The Bertz CT molecular complexity index is 749. The van der Waals surface area contributed by atoms with Crippen LogP contribution < -0.4 is 5.32 Å². The summed E-state index contributed by atoms with van der Waals surface area (Å²) in [7, 11) is 2.01. The highest BCUT2D eigenvalue weighted by atomic mass is 14.9. The zero-order chi connectivity index (χ0) is 14.7. The van der Waals surface area contributed by atoms with Crippen LogP contribution >= 0.6 is 0 Å². The van der Waals surface area contributed by atoms with Crippen LogP contribution in [0.15, 0.2) is 60.7 Å². The van der Waals surface area contributed by atoms with Crippen molar-refractivity contribution in [1.82, 2.24) is 10.3 Å². The quantitative estimate of drug-likeness (QED) is 0.777. The van der Waals surface area contributed by atoms with Crippen LogP contribution in [0.3, 0.4) is 0 Å². The number of benzene rings is 2. The van der Waals surface area contributed by atoms with Crippen molar-refractivity contribution in [2.75, 3.05) is 7.05 Å². The van der Waals surface area contributed by atoms with Crippen LogP contribution in [0.25, 0.3) is 10.9 Å². The fourth-order valence-electron chi connectivity index (χ4n) is 2.78. The molecule has 0 saturated heterocycles. The van der Waals surface area contributed by atoms with Gasteiger partial charge in [0.05, 0.1) is 5.52 Å². The summed E-state index contributed by atoms with van der Waals surface area (Å²) >= 11 is 0. The number of para-hydroxylation sites is 1. The fraction of sp³-hybridized carbons (Fsp3) is 0.211. The molecule has 0 aliphatic carbocycles. The number of pyridine rings is 1. The second-order valence-electron chi connectivity index (χ2n) is 5.40. The Morgan fingerprint density at radius 1 is 0.952 bits per heavy atom. The van der Waals surface area contributed by atoms with Crippen LogP contribution in [0.5, 0.6) is 0 Å². The van der Waals surface area contributed by atoms with E-state index in [-0.39, 0.29) is 0 Å². The topological polar surface area (TPSA) is 24.9 Å². The molecule has 0 amide bonds. The second kappa shape index (κ2) is 6.06. The van der Waals surface area contributed by atoms with Gasteiger partial charge in [0.1, 0.15) is 0 Å². The summed E-state index contributed by atoms with van der Waals surface area (Å²) in [5.74, 6) is 0.